The molecule has 3 N–H and O–H groups in total. The minimum atomic E-state index is -0.200. The Morgan fingerprint density at radius 1 is 1.11 bits per heavy atom. The number of hydrogen-bond acceptors (Lipinski definition) is 3. The molecule has 27 heavy (non-hydrogen) atoms. The van der Waals surface area contributed by atoms with Gasteiger partial charge >= 0.3 is 0 Å². The van der Waals surface area contributed by atoms with E-state index in [1.54, 1.807) is 24.4 Å². The summed E-state index contributed by atoms with van der Waals surface area (Å²) in [7, 11) is 0. The lowest BCUT2D eigenvalue weighted by atomic mass is 9.85. The highest BCUT2D eigenvalue weighted by molar-refractivity contribution is 6.34. The molecule has 4 rings (SSSR count). The molecule has 0 aliphatic carbocycles. The number of piperidine rings is 1. The topological polar surface area (TPSA) is 74.0 Å². The number of benzene rings is 2. The number of halogens is 1. The average Bonchev–Trinajstić information content (AvgIpc) is 2.70. The summed E-state index contributed by atoms with van der Waals surface area (Å²) in [4.78, 5) is 27.3. The van der Waals surface area contributed by atoms with Gasteiger partial charge in [-0.3, -0.25) is 9.59 Å². The number of hydrogen-bond donors (Lipinski definition) is 3. The lowest BCUT2D eigenvalue weighted by molar-refractivity contribution is -0.120. The van der Waals surface area contributed by atoms with Gasteiger partial charge in [-0.25, -0.2) is 0 Å². The summed E-state index contributed by atoms with van der Waals surface area (Å²) in [6.07, 6.45) is 2.37. The molecule has 2 heterocycles. The molecule has 5 nitrogen and oxygen atoms in total. The Morgan fingerprint density at radius 3 is 2.74 bits per heavy atom. The van der Waals surface area contributed by atoms with Crippen LogP contribution in [0.25, 0.3) is 10.8 Å². The van der Waals surface area contributed by atoms with E-state index in [0.717, 1.165) is 18.4 Å². The summed E-state index contributed by atoms with van der Waals surface area (Å²) in [6.45, 7) is 1.51. The monoisotopic (exact) mass is 381 g/mol. The van der Waals surface area contributed by atoms with Crippen LogP contribution in [-0.4, -0.2) is 24.0 Å². The maximum Gasteiger partial charge on any atom is 0.255 e. The minimum Gasteiger partial charge on any atom is -0.329 e. The SMILES string of the molecule is O=C(Nc1cc2cc[nH]c(=O)c2cc1Cl)C1CNCC(c2ccccc2)C1. The van der Waals surface area contributed by atoms with E-state index < -0.39 is 0 Å². The highest BCUT2D eigenvalue weighted by Gasteiger charge is 2.28. The Labute approximate surface area is 161 Å². The second-order valence-corrected chi connectivity index (χ2v) is 7.32. The quantitative estimate of drug-likeness (QED) is 0.650. The van der Waals surface area contributed by atoms with Crippen molar-refractivity contribution in [3.05, 3.63) is 75.7 Å². The van der Waals surface area contributed by atoms with Gasteiger partial charge < -0.3 is 15.6 Å². The van der Waals surface area contributed by atoms with E-state index in [0.29, 0.717) is 28.6 Å². The van der Waals surface area contributed by atoms with Crippen molar-refractivity contribution in [2.75, 3.05) is 18.4 Å². The predicted octanol–water partition coefficient (Wildman–Crippen LogP) is 3.51. The molecule has 3 aromatic rings. The van der Waals surface area contributed by atoms with Crippen molar-refractivity contribution in [2.24, 2.45) is 5.92 Å². The third kappa shape index (κ3) is 3.75. The van der Waals surface area contributed by atoms with Crippen LogP contribution in [0.2, 0.25) is 5.02 Å². The summed E-state index contributed by atoms with van der Waals surface area (Å²) in [6, 6.07) is 15.4. The van der Waals surface area contributed by atoms with Crippen molar-refractivity contribution < 1.29 is 4.79 Å². The van der Waals surface area contributed by atoms with Crippen LogP contribution in [0.15, 0.2) is 59.5 Å². The lowest BCUT2D eigenvalue weighted by Gasteiger charge is -2.29. The van der Waals surface area contributed by atoms with E-state index in [9.17, 15) is 9.59 Å². The number of H-pyrrole nitrogens is 1. The van der Waals surface area contributed by atoms with Gasteiger partial charge in [0.2, 0.25) is 5.91 Å². The number of aromatic amines is 1. The first-order chi connectivity index (χ1) is 13.1. The zero-order valence-electron chi connectivity index (χ0n) is 14.7. The second kappa shape index (κ2) is 7.55. The number of carbonyl (C=O) groups excluding carboxylic acids is 1. The summed E-state index contributed by atoms with van der Waals surface area (Å²) < 4.78 is 0. The van der Waals surface area contributed by atoms with Crippen molar-refractivity contribution in [3.63, 3.8) is 0 Å². The fourth-order valence-corrected chi connectivity index (χ4v) is 3.87. The molecule has 2 unspecified atom stereocenters. The Morgan fingerprint density at radius 2 is 1.93 bits per heavy atom. The molecule has 0 bridgehead atoms. The number of pyridine rings is 1. The smallest absolute Gasteiger partial charge is 0.255 e. The zero-order chi connectivity index (χ0) is 18.8. The van der Waals surface area contributed by atoms with Gasteiger partial charge in [0.1, 0.15) is 0 Å². The molecule has 1 fully saturated rings. The number of amides is 1. The fraction of sp³-hybridized carbons (Fsp3) is 0.238. The van der Waals surface area contributed by atoms with Crippen LogP contribution in [0.3, 0.4) is 0 Å². The Bertz CT molecular complexity index is 1030. The van der Waals surface area contributed by atoms with Gasteiger partial charge in [0.05, 0.1) is 16.6 Å². The molecule has 1 saturated heterocycles. The van der Waals surface area contributed by atoms with Gasteiger partial charge in [0.25, 0.3) is 5.56 Å². The predicted molar refractivity (Wildman–Crippen MR) is 108 cm³/mol. The number of aromatic nitrogens is 1. The largest absolute Gasteiger partial charge is 0.329 e. The van der Waals surface area contributed by atoms with E-state index in [-0.39, 0.29) is 17.4 Å². The first-order valence-electron chi connectivity index (χ1n) is 8.99. The number of fused-ring (bicyclic) bond motifs is 1. The van der Waals surface area contributed by atoms with Crippen molar-refractivity contribution >= 4 is 34.0 Å². The highest BCUT2D eigenvalue weighted by atomic mass is 35.5. The Kier molecular flexibility index (Phi) is 4.97. The van der Waals surface area contributed by atoms with Crippen LogP contribution in [0.5, 0.6) is 0 Å². The molecule has 0 radical (unpaired) electrons. The van der Waals surface area contributed by atoms with Gasteiger partial charge in [0, 0.05) is 24.7 Å². The first-order valence-corrected chi connectivity index (χ1v) is 9.37. The highest BCUT2D eigenvalue weighted by Crippen LogP contribution is 2.30. The maximum atomic E-state index is 12.8. The van der Waals surface area contributed by atoms with Crippen molar-refractivity contribution in [3.8, 4) is 0 Å². The van der Waals surface area contributed by atoms with Crippen molar-refractivity contribution in [1.29, 1.82) is 0 Å². The van der Waals surface area contributed by atoms with Crippen LogP contribution in [0.1, 0.15) is 17.9 Å². The van der Waals surface area contributed by atoms with Gasteiger partial charge in [-0.05, 0) is 41.5 Å². The third-order valence-corrected chi connectivity index (χ3v) is 5.42. The number of rotatable bonds is 3. The molecule has 1 aromatic heterocycles. The molecule has 0 saturated carbocycles. The van der Waals surface area contributed by atoms with Crippen LogP contribution < -0.4 is 16.2 Å². The molecule has 1 aliphatic heterocycles. The Balaban J connectivity index is 1.53. The van der Waals surface area contributed by atoms with E-state index in [1.165, 1.54) is 5.56 Å². The van der Waals surface area contributed by atoms with Crippen LogP contribution in [-0.2, 0) is 4.79 Å². The number of nitrogens with one attached hydrogen (secondary N) is 3. The summed E-state index contributed by atoms with van der Waals surface area (Å²) in [5.41, 5.74) is 1.57. The maximum absolute atomic E-state index is 12.8. The van der Waals surface area contributed by atoms with E-state index in [2.05, 4.69) is 27.8 Å². The Hall–Kier alpha value is -2.63. The van der Waals surface area contributed by atoms with Gasteiger partial charge in [0.15, 0.2) is 0 Å². The van der Waals surface area contributed by atoms with Gasteiger partial charge in [-0.2, -0.15) is 0 Å². The molecule has 0 spiro atoms. The molecule has 2 aromatic carbocycles. The first kappa shape index (κ1) is 17.8. The van der Waals surface area contributed by atoms with E-state index in [4.69, 9.17) is 11.6 Å². The van der Waals surface area contributed by atoms with Gasteiger partial charge in [-0.1, -0.05) is 41.9 Å². The number of carbonyl (C=O) groups is 1. The molecule has 1 aliphatic rings. The third-order valence-electron chi connectivity index (χ3n) is 5.11. The van der Waals surface area contributed by atoms with Crippen LogP contribution >= 0.6 is 11.6 Å². The average molecular weight is 382 g/mol. The molecule has 1 amide bonds. The summed E-state index contributed by atoms with van der Waals surface area (Å²) >= 11 is 6.30. The molecular formula is C21H20ClN3O2. The molecule has 138 valence electrons. The summed E-state index contributed by atoms with van der Waals surface area (Å²) in [5, 5.41) is 7.90. The number of anilines is 1. The van der Waals surface area contributed by atoms with Crippen molar-refractivity contribution in [2.45, 2.75) is 12.3 Å². The van der Waals surface area contributed by atoms with Crippen LogP contribution in [0, 0.1) is 5.92 Å². The molecule has 6 heteroatoms. The van der Waals surface area contributed by atoms with Crippen LogP contribution in [0.4, 0.5) is 5.69 Å². The lowest BCUT2D eigenvalue weighted by Crippen LogP contribution is -2.40. The standard InChI is InChI=1S/C21H20ClN3O2/c22-18-10-17-14(6-7-24-21(17)27)9-19(18)25-20(26)16-8-15(11-23-12-16)13-4-2-1-3-5-13/h1-7,9-10,15-16,23H,8,11-12H2,(H,24,27)(H,25,26). The van der Waals surface area contributed by atoms with E-state index >= 15 is 0 Å². The second-order valence-electron chi connectivity index (χ2n) is 6.91. The fourth-order valence-electron chi connectivity index (χ4n) is 3.66. The molecular weight excluding hydrogens is 362 g/mol. The summed E-state index contributed by atoms with van der Waals surface area (Å²) in [5.74, 6) is 0.102. The zero-order valence-corrected chi connectivity index (χ0v) is 15.4. The normalized spacial score (nSPS) is 19.7. The van der Waals surface area contributed by atoms with Crippen molar-refractivity contribution in [1.82, 2.24) is 10.3 Å². The van der Waals surface area contributed by atoms with E-state index in [1.807, 2.05) is 18.2 Å². The van der Waals surface area contributed by atoms with Gasteiger partial charge in [-0.15, -0.1) is 0 Å². The minimum absolute atomic E-state index is 0.0609. The molecule has 2 atom stereocenters.